The molecule has 2 N–H and O–H groups in total. The zero-order valence-corrected chi connectivity index (χ0v) is 9.79. The molecule has 18 heavy (non-hydrogen) atoms. The van der Waals surface area contributed by atoms with Gasteiger partial charge in [-0.25, -0.2) is 9.78 Å². The first-order valence-electron chi connectivity index (χ1n) is 5.63. The molecule has 1 heterocycles. The maximum atomic E-state index is 11.1. The van der Waals surface area contributed by atoms with Gasteiger partial charge in [-0.3, -0.25) is 10.1 Å². The van der Waals surface area contributed by atoms with Crippen molar-refractivity contribution >= 4 is 17.5 Å². The number of anilines is 1. The highest BCUT2D eigenvalue weighted by molar-refractivity contribution is 5.93. The highest BCUT2D eigenvalue weighted by Crippen LogP contribution is 2.34. The van der Waals surface area contributed by atoms with Crippen molar-refractivity contribution in [1.82, 2.24) is 4.98 Å². The minimum absolute atomic E-state index is 0.122. The third-order valence-electron chi connectivity index (χ3n) is 3.01. The van der Waals surface area contributed by atoms with E-state index in [4.69, 9.17) is 5.11 Å². The van der Waals surface area contributed by atoms with Crippen molar-refractivity contribution in [2.45, 2.75) is 25.8 Å². The van der Waals surface area contributed by atoms with Crippen LogP contribution in [0.5, 0.6) is 0 Å². The standard InChI is InChI=1S/C11H13N3O4/c1-6(7-2-3-7)13-10-9(11(15)16)4-8(5-12-10)14(17)18/h4-7H,2-3H2,1H3,(H,12,13)(H,15,16). The van der Waals surface area contributed by atoms with Gasteiger partial charge in [0.25, 0.3) is 5.69 Å². The summed E-state index contributed by atoms with van der Waals surface area (Å²) in [5.41, 5.74) is -0.492. The molecule has 7 nitrogen and oxygen atoms in total. The smallest absolute Gasteiger partial charge is 0.339 e. The SMILES string of the molecule is CC(Nc1ncc([N+](=O)[O-])cc1C(=O)O)C1CC1. The van der Waals surface area contributed by atoms with E-state index < -0.39 is 10.9 Å². The summed E-state index contributed by atoms with van der Waals surface area (Å²) in [6, 6.07) is 1.15. The Morgan fingerprint density at radius 3 is 2.83 bits per heavy atom. The normalized spacial score (nSPS) is 16.1. The van der Waals surface area contributed by atoms with Crippen molar-refractivity contribution in [3.05, 3.63) is 27.9 Å². The zero-order chi connectivity index (χ0) is 13.3. The first-order chi connectivity index (χ1) is 8.49. The Morgan fingerprint density at radius 1 is 1.67 bits per heavy atom. The number of hydrogen-bond donors (Lipinski definition) is 2. The summed E-state index contributed by atoms with van der Waals surface area (Å²) in [6.07, 6.45) is 3.29. The number of aromatic nitrogens is 1. The van der Waals surface area contributed by atoms with Gasteiger partial charge in [0.15, 0.2) is 0 Å². The topological polar surface area (TPSA) is 105 Å². The fourth-order valence-electron chi connectivity index (χ4n) is 1.76. The molecule has 0 spiro atoms. The molecular formula is C11H13N3O4. The number of nitrogens with one attached hydrogen (secondary N) is 1. The van der Waals surface area contributed by atoms with Crippen LogP contribution in [-0.2, 0) is 0 Å². The first-order valence-corrected chi connectivity index (χ1v) is 5.63. The minimum Gasteiger partial charge on any atom is -0.478 e. The molecule has 0 bridgehead atoms. The maximum Gasteiger partial charge on any atom is 0.339 e. The molecule has 0 saturated heterocycles. The molecule has 1 aromatic rings. The Balaban J connectivity index is 2.27. The second-order valence-electron chi connectivity index (χ2n) is 4.42. The van der Waals surface area contributed by atoms with Crippen LogP contribution in [0.15, 0.2) is 12.3 Å². The second-order valence-corrected chi connectivity index (χ2v) is 4.42. The monoisotopic (exact) mass is 251 g/mol. The van der Waals surface area contributed by atoms with Gasteiger partial charge in [0.2, 0.25) is 0 Å². The van der Waals surface area contributed by atoms with Gasteiger partial charge < -0.3 is 10.4 Å². The van der Waals surface area contributed by atoms with E-state index >= 15 is 0 Å². The van der Waals surface area contributed by atoms with Crippen molar-refractivity contribution in [3.63, 3.8) is 0 Å². The molecule has 1 atom stereocenters. The van der Waals surface area contributed by atoms with Crippen LogP contribution in [0.2, 0.25) is 0 Å². The van der Waals surface area contributed by atoms with Gasteiger partial charge in [-0.1, -0.05) is 0 Å². The molecule has 7 heteroatoms. The van der Waals surface area contributed by atoms with Gasteiger partial charge in [0.05, 0.1) is 4.92 Å². The second kappa shape index (κ2) is 4.59. The predicted octanol–water partition coefficient (Wildman–Crippen LogP) is 1.90. The fourth-order valence-corrected chi connectivity index (χ4v) is 1.76. The molecule has 1 fully saturated rings. The summed E-state index contributed by atoms with van der Waals surface area (Å²) < 4.78 is 0. The van der Waals surface area contributed by atoms with Gasteiger partial charge in [-0.15, -0.1) is 0 Å². The van der Waals surface area contributed by atoms with Crippen LogP contribution >= 0.6 is 0 Å². The van der Waals surface area contributed by atoms with Gasteiger partial charge in [-0.2, -0.15) is 0 Å². The Hall–Kier alpha value is -2.18. The largest absolute Gasteiger partial charge is 0.478 e. The molecule has 0 radical (unpaired) electrons. The first kappa shape index (κ1) is 12.3. The van der Waals surface area contributed by atoms with E-state index in [2.05, 4.69) is 10.3 Å². The van der Waals surface area contributed by atoms with E-state index in [1.54, 1.807) is 0 Å². The summed E-state index contributed by atoms with van der Waals surface area (Å²) in [5, 5.41) is 22.6. The van der Waals surface area contributed by atoms with E-state index in [1.807, 2.05) is 6.92 Å². The Kier molecular flexibility index (Phi) is 3.14. The van der Waals surface area contributed by atoms with Gasteiger partial charge in [-0.05, 0) is 25.7 Å². The number of pyridine rings is 1. The summed E-state index contributed by atoms with van der Waals surface area (Å²) in [4.78, 5) is 24.8. The van der Waals surface area contributed by atoms with E-state index in [0.717, 1.165) is 25.1 Å². The fraction of sp³-hybridized carbons (Fsp3) is 0.455. The number of aromatic carboxylic acids is 1. The number of nitro groups is 1. The average molecular weight is 251 g/mol. The van der Waals surface area contributed by atoms with Crippen LogP contribution in [0.25, 0.3) is 0 Å². The third kappa shape index (κ3) is 2.55. The highest BCUT2D eigenvalue weighted by atomic mass is 16.6. The van der Waals surface area contributed by atoms with Crippen LogP contribution in [0.4, 0.5) is 11.5 Å². The predicted molar refractivity (Wildman–Crippen MR) is 63.7 cm³/mol. The third-order valence-corrected chi connectivity index (χ3v) is 3.01. The van der Waals surface area contributed by atoms with Crippen LogP contribution in [0.1, 0.15) is 30.1 Å². The van der Waals surface area contributed by atoms with Gasteiger partial charge in [0, 0.05) is 12.1 Å². The summed E-state index contributed by atoms with van der Waals surface area (Å²) in [7, 11) is 0. The lowest BCUT2D eigenvalue weighted by molar-refractivity contribution is -0.385. The Morgan fingerprint density at radius 2 is 2.33 bits per heavy atom. The van der Waals surface area contributed by atoms with E-state index in [0.29, 0.717) is 5.92 Å². The molecule has 2 rings (SSSR count). The van der Waals surface area contributed by atoms with Gasteiger partial charge >= 0.3 is 5.97 Å². The molecule has 1 saturated carbocycles. The Labute approximate surface area is 103 Å². The maximum absolute atomic E-state index is 11.1. The van der Waals surface area contributed by atoms with Crippen molar-refractivity contribution in [1.29, 1.82) is 0 Å². The molecule has 1 aliphatic rings. The highest BCUT2D eigenvalue weighted by Gasteiger charge is 2.29. The van der Waals surface area contributed by atoms with Gasteiger partial charge in [0.1, 0.15) is 17.6 Å². The van der Waals surface area contributed by atoms with E-state index in [9.17, 15) is 14.9 Å². The number of rotatable bonds is 5. The van der Waals surface area contributed by atoms with Crippen molar-refractivity contribution in [2.24, 2.45) is 5.92 Å². The van der Waals surface area contributed by atoms with Crippen molar-refractivity contribution in [3.8, 4) is 0 Å². The van der Waals surface area contributed by atoms with E-state index in [1.165, 1.54) is 0 Å². The number of hydrogen-bond acceptors (Lipinski definition) is 5. The number of carboxylic acids is 1. The molecule has 0 amide bonds. The lowest BCUT2D eigenvalue weighted by Gasteiger charge is -2.14. The average Bonchev–Trinajstić information content (AvgIpc) is 3.12. The lowest BCUT2D eigenvalue weighted by Crippen LogP contribution is -2.20. The van der Waals surface area contributed by atoms with Crippen LogP contribution in [-0.4, -0.2) is 27.0 Å². The molecule has 0 aliphatic heterocycles. The lowest BCUT2D eigenvalue weighted by atomic mass is 10.2. The molecule has 1 aliphatic carbocycles. The number of carbonyl (C=O) groups is 1. The summed E-state index contributed by atoms with van der Waals surface area (Å²) in [5.74, 6) is -0.507. The number of nitrogens with zero attached hydrogens (tertiary/aromatic N) is 2. The molecule has 1 unspecified atom stereocenters. The van der Waals surface area contributed by atoms with Crippen molar-refractivity contribution < 1.29 is 14.8 Å². The minimum atomic E-state index is -1.23. The van der Waals surface area contributed by atoms with Crippen LogP contribution < -0.4 is 5.32 Å². The molecule has 0 aromatic carbocycles. The van der Waals surface area contributed by atoms with Crippen LogP contribution in [0, 0.1) is 16.0 Å². The Bertz CT molecular complexity index is 499. The number of carboxylic acid groups (broad SMARTS) is 1. The van der Waals surface area contributed by atoms with Crippen LogP contribution in [0.3, 0.4) is 0 Å². The molecular weight excluding hydrogens is 238 g/mol. The zero-order valence-electron chi connectivity index (χ0n) is 9.79. The summed E-state index contributed by atoms with van der Waals surface area (Å²) >= 11 is 0. The molecule has 96 valence electrons. The summed E-state index contributed by atoms with van der Waals surface area (Å²) in [6.45, 7) is 1.95. The van der Waals surface area contributed by atoms with E-state index in [-0.39, 0.29) is 23.1 Å². The molecule has 1 aromatic heterocycles. The van der Waals surface area contributed by atoms with Crippen molar-refractivity contribution in [2.75, 3.05) is 5.32 Å². The quantitative estimate of drug-likeness (QED) is 0.611.